The first-order valence-electron chi connectivity index (χ1n) is 6.84. The van der Waals surface area contributed by atoms with Gasteiger partial charge in [-0.05, 0) is 37.6 Å². The van der Waals surface area contributed by atoms with E-state index in [-0.39, 0.29) is 0 Å². The van der Waals surface area contributed by atoms with Gasteiger partial charge in [0, 0.05) is 25.3 Å². The van der Waals surface area contributed by atoms with Crippen molar-refractivity contribution < 1.29 is 4.74 Å². The highest BCUT2D eigenvalue weighted by Gasteiger charge is 2.27. The molecular weight excluding hydrogens is 306 g/mol. The van der Waals surface area contributed by atoms with Gasteiger partial charge in [0.2, 0.25) is 5.13 Å². The van der Waals surface area contributed by atoms with Gasteiger partial charge in [-0.1, -0.05) is 11.3 Å². The van der Waals surface area contributed by atoms with Gasteiger partial charge in [-0.2, -0.15) is 0 Å². The second-order valence-electron chi connectivity index (χ2n) is 4.87. The molecule has 1 N–H and O–H groups in total. The zero-order chi connectivity index (χ0) is 14.7. The van der Waals surface area contributed by atoms with Gasteiger partial charge in [0.1, 0.15) is 10.9 Å². The molecule has 6 nitrogen and oxygen atoms in total. The third-order valence-corrected chi connectivity index (χ3v) is 4.82. The number of hydrogen-bond acceptors (Lipinski definition) is 8. The number of nitrogens with zero attached hydrogens (tertiary/aromatic N) is 4. The number of aryl methyl sites for hydroxylation is 1. The van der Waals surface area contributed by atoms with Crippen LogP contribution in [0.1, 0.15) is 30.3 Å². The van der Waals surface area contributed by atoms with Gasteiger partial charge < -0.3 is 10.1 Å². The maximum Gasteiger partial charge on any atom is 0.206 e. The average Bonchev–Trinajstić information content (AvgIpc) is 3.21. The van der Waals surface area contributed by atoms with E-state index in [9.17, 15) is 0 Å². The van der Waals surface area contributed by atoms with Crippen molar-refractivity contribution in [3.63, 3.8) is 0 Å². The molecule has 0 radical (unpaired) electrons. The number of nitrogens with one attached hydrogen (secondary N) is 1. The topological polar surface area (TPSA) is 72.8 Å². The minimum absolute atomic E-state index is 0.560. The molecule has 1 aliphatic carbocycles. The molecule has 0 unspecified atom stereocenters. The first-order chi connectivity index (χ1) is 10.2. The lowest BCUT2D eigenvalue weighted by Gasteiger charge is -2.02. The van der Waals surface area contributed by atoms with Crippen molar-refractivity contribution in [3.05, 3.63) is 17.6 Å². The van der Waals surface area contributed by atoms with Gasteiger partial charge in [0.05, 0.1) is 6.61 Å². The highest BCUT2D eigenvalue weighted by Crippen LogP contribution is 2.39. The molecule has 0 aromatic carbocycles. The van der Waals surface area contributed by atoms with Gasteiger partial charge in [-0.15, -0.1) is 10.2 Å². The Bertz CT molecular complexity index is 614. The molecule has 1 aliphatic rings. The van der Waals surface area contributed by atoms with E-state index in [1.54, 1.807) is 18.9 Å². The van der Waals surface area contributed by atoms with E-state index in [2.05, 4.69) is 25.5 Å². The summed E-state index contributed by atoms with van der Waals surface area (Å²) in [4.78, 5) is 9.14. The number of aromatic nitrogens is 4. The van der Waals surface area contributed by atoms with Gasteiger partial charge >= 0.3 is 0 Å². The number of methoxy groups -OCH3 is 1. The van der Waals surface area contributed by atoms with Crippen molar-refractivity contribution in [2.45, 2.75) is 35.0 Å². The van der Waals surface area contributed by atoms with E-state index >= 15 is 0 Å². The molecule has 3 rings (SSSR count). The zero-order valence-corrected chi connectivity index (χ0v) is 13.6. The fraction of sp³-hybridized carbons (Fsp3) is 0.538. The monoisotopic (exact) mass is 323 g/mol. The summed E-state index contributed by atoms with van der Waals surface area (Å²) in [6.07, 6.45) is 2.42. The fourth-order valence-electron chi connectivity index (χ4n) is 1.81. The molecule has 0 spiro atoms. The first kappa shape index (κ1) is 14.7. The van der Waals surface area contributed by atoms with Crippen LogP contribution in [0.15, 0.2) is 15.4 Å². The molecule has 1 fully saturated rings. The Kier molecular flexibility index (Phi) is 4.67. The normalized spacial score (nSPS) is 14.4. The predicted molar refractivity (Wildman–Crippen MR) is 83.1 cm³/mol. The second kappa shape index (κ2) is 6.67. The van der Waals surface area contributed by atoms with Crippen LogP contribution >= 0.6 is 23.1 Å². The van der Waals surface area contributed by atoms with E-state index in [0.717, 1.165) is 32.6 Å². The SMILES string of the molecule is COCCNc1nnc(Sc2cc(C)nc(C3CC3)n2)s1. The highest BCUT2D eigenvalue weighted by molar-refractivity contribution is 8.01. The van der Waals surface area contributed by atoms with E-state index in [0.29, 0.717) is 12.5 Å². The van der Waals surface area contributed by atoms with E-state index in [4.69, 9.17) is 4.74 Å². The Balaban J connectivity index is 1.66. The van der Waals surface area contributed by atoms with Crippen molar-refractivity contribution in [3.8, 4) is 0 Å². The summed E-state index contributed by atoms with van der Waals surface area (Å²) < 4.78 is 5.88. The van der Waals surface area contributed by atoms with Crippen molar-refractivity contribution in [2.75, 3.05) is 25.6 Å². The zero-order valence-electron chi connectivity index (χ0n) is 12.0. The molecule has 0 amide bonds. The summed E-state index contributed by atoms with van der Waals surface area (Å²) in [5.41, 5.74) is 1.01. The van der Waals surface area contributed by atoms with Crippen LogP contribution in [0.4, 0.5) is 5.13 Å². The van der Waals surface area contributed by atoms with Crippen LogP contribution in [0.3, 0.4) is 0 Å². The molecule has 0 saturated heterocycles. The summed E-state index contributed by atoms with van der Waals surface area (Å²) in [5.74, 6) is 1.53. The summed E-state index contributed by atoms with van der Waals surface area (Å²) in [6, 6.07) is 2.00. The third-order valence-electron chi connectivity index (χ3n) is 2.97. The molecule has 2 aromatic heterocycles. The lowest BCUT2D eigenvalue weighted by Crippen LogP contribution is -2.06. The van der Waals surface area contributed by atoms with Crippen LogP contribution in [0.5, 0.6) is 0 Å². The van der Waals surface area contributed by atoms with E-state index in [1.807, 2.05) is 13.0 Å². The molecule has 0 atom stereocenters. The van der Waals surface area contributed by atoms with Crippen LogP contribution in [0, 0.1) is 6.92 Å². The standard InChI is InChI=1S/C13H17N5OS2/c1-8-7-10(16-11(15-8)9-3-4-9)20-13-18-17-12(21-13)14-5-6-19-2/h7,9H,3-6H2,1-2H3,(H,14,17). The van der Waals surface area contributed by atoms with Gasteiger partial charge in [0.15, 0.2) is 4.34 Å². The molecule has 0 aliphatic heterocycles. The van der Waals surface area contributed by atoms with Gasteiger partial charge in [-0.25, -0.2) is 9.97 Å². The summed E-state index contributed by atoms with van der Waals surface area (Å²) >= 11 is 3.07. The van der Waals surface area contributed by atoms with Crippen LogP contribution in [0.2, 0.25) is 0 Å². The number of ether oxygens (including phenoxy) is 1. The Morgan fingerprint density at radius 1 is 1.38 bits per heavy atom. The lowest BCUT2D eigenvalue weighted by atomic mass is 10.3. The Hall–Kier alpha value is -1.25. The fourth-order valence-corrected chi connectivity index (χ4v) is 3.60. The Morgan fingerprint density at radius 2 is 2.24 bits per heavy atom. The maximum absolute atomic E-state index is 4.99. The van der Waals surface area contributed by atoms with Crippen LogP contribution < -0.4 is 5.32 Å². The predicted octanol–water partition coefficient (Wildman–Crippen LogP) is 2.72. The highest BCUT2D eigenvalue weighted by atomic mass is 32.2. The van der Waals surface area contributed by atoms with Crippen molar-refractivity contribution in [1.82, 2.24) is 20.2 Å². The minimum atomic E-state index is 0.560. The van der Waals surface area contributed by atoms with Crippen molar-refractivity contribution in [2.24, 2.45) is 0 Å². The summed E-state index contributed by atoms with van der Waals surface area (Å²) in [7, 11) is 1.68. The number of anilines is 1. The van der Waals surface area contributed by atoms with Gasteiger partial charge in [0.25, 0.3) is 0 Å². The van der Waals surface area contributed by atoms with Crippen molar-refractivity contribution in [1.29, 1.82) is 0 Å². The summed E-state index contributed by atoms with van der Waals surface area (Å²) in [5, 5.41) is 13.2. The average molecular weight is 323 g/mol. The number of hydrogen-bond donors (Lipinski definition) is 1. The smallest absolute Gasteiger partial charge is 0.206 e. The quantitative estimate of drug-likeness (QED) is 0.620. The third kappa shape index (κ3) is 4.12. The Labute approximate surface area is 131 Å². The molecule has 1 saturated carbocycles. The van der Waals surface area contributed by atoms with E-state index in [1.165, 1.54) is 24.2 Å². The second-order valence-corrected chi connectivity index (χ2v) is 7.12. The maximum atomic E-state index is 4.99. The molecule has 2 heterocycles. The molecular formula is C13H17N5OS2. The van der Waals surface area contributed by atoms with Crippen LogP contribution in [-0.4, -0.2) is 40.4 Å². The molecule has 0 bridgehead atoms. The first-order valence-corrected chi connectivity index (χ1v) is 8.47. The van der Waals surface area contributed by atoms with Gasteiger partial charge in [-0.3, -0.25) is 0 Å². The van der Waals surface area contributed by atoms with E-state index < -0.39 is 0 Å². The van der Waals surface area contributed by atoms with Crippen LogP contribution in [0.25, 0.3) is 0 Å². The van der Waals surface area contributed by atoms with Crippen LogP contribution in [-0.2, 0) is 4.74 Å². The summed E-state index contributed by atoms with van der Waals surface area (Å²) in [6.45, 7) is 3.39. The lowest BCUT2D eigenvalue weighted by molar-refractivity contribution is 0.211. The van der Waals surface area contributed by atoms with Crippen molar-refractivity contribution >= 4 is 28.2 Å². The molecule has 21 heavy (non-hydrogen) atoms. The largest absolute Gasteiger partial charge is 0.383 e. The molecule has 8 heteroatoms. The Morgan fingerprint density at radius 3 is 3.00 bits per heavy atom. The molecule has 2 aromatic rings. The molecule has 112 valence electrons. The number of rotatable bonds is 7. The minimum Gasteiger partial charge on any atom is -0.383 e.